The fourth-order valence-corrected chi connectivity index (χ4v) is 1.97. The molecule has 0 bridgehead atoms. The molecule has 0 aliphatic heterocycles. The van der Waals surface area contributed by atoms with E-state index in [1.54, 1.807) is 6.20 Å². The lowest BCUT2D eigenvalue weighted by Gasteiger charge is -2.14. The first-order chi connectivity index (χ1) is 9.74. The van der Waals surface area contributed by atoms with Crippen molar-refractivity contribution < 1.29 is 4.74 Å². The van der Waals surface area contributed by atoms with E-state index in [0.717, 1.165) is 30.2 Å². The maximum absolute atomic E-state index is 5.52. The van der Waals surface area contributed by atoms with Gasteiger partial charge < -0.3 is 19.8 Å². The van der Waals surface area contributed by atoms with Gasteiger partial charge in [0.15, 0.2) is 11.5 Å². The number of imidazole rings is 1. The molecule has 2 aromatic heterocycles. The Hall–Kier alpha value is -1.82. The number of nitrogens with one attached hydrogen (secondary N) is 2. The van der Waals surface area contributed by atoms with Crippen LogP contribution in [0, 0.1) is 0 Å². The minimum atomic E-state index is 0.143. The lowest BCUT2D eigenvalue weighted by atomic mass is 10.4. The standard InChI is InChI=1S/C14H23N5O/c1-4-6-15-12-10-19-8-7-16-14(19)13(18-12)17-9-11(3)20-5-2/h7-8,10-11,15H,4-6,9H2,1-3H3,(H,17,18). The van der Waals surface area contributed by atoms with Crippen molar-refractivity contribution in [3.63, 3.8) is 0 Å². The SMILES string of the molecule is CCCNc1cn2ccnc2c(NCC(C)OCC)n1. The molecule has 1 unspecified atom stereocenters. The van der Waals surface area contributed by atoms with Crippen LogP contribution in [0.2, 0.25) is 0 Å². The molecule has 2 aromatic rings. The molecule has 0 saturated carbocycles. The molecule has 6 heteroatoms. The Kier molecular flexibility index (Phi) is 5.17. The van der Waals surface area contributed by atoms with Crippen LogP contribution in [0.3, 0.4) is 0 Å². The monoisotopic (exact) mass is 277 g/mol. The van der Waals surface area contributed by atoms with Crippen LogP contribution in [0.25, 0.3) is 5.65 Å². The molecular formula is C14H23N5O. The third-order valence-electron chi connectivity index (χ3n) is 2.94. The Morgan fingerprint density at radius 2 is 2.20 bits per heavy atom. The van der Waals surface area contributed by atoms with Gasteiger partial charge in [-0.15, -0.1) is 0 Å². The van der Waals surface area contributed by atoms with E-state index in [1.807, 2.05) is 30.6 Å². The van der Waals surface area contributed by atoms with E-state index in [4.69, 9.17) is 4.74 Å². The Morgan fingerprint density at radius 3 is 2.95 bits per heavy atom. The van der Waals surface area contributed by atoms with Gasteiger partial charge in [-0.05, 0) is 20.3 Å². The summed E-state index contributed by atoms with van der Waals surface area (Å²) in [7, 11) is 0. The number of hydrogen-bond acceptors (Lipinski definition) is 5. The van der Waals surface area contributed by atoms with Gasteiger partial charge in [0.25, 0.3) is 0 Å². The van der Waals surface area contributed by atoms with E-state index in [1.165, 1.54) is 0 Å². The topological polar surface area (TPSA) is 63.5 Å². The van der Waals surface area contributed by atoms with Gasteiger partial charge in [0.1, 0.15) is 5.82 Å². The van der Waals surface area contributed by atoms with Crippen LogP contribution in [-0.4, -0.2) is 40.2 Å². The smallest absolute Gasteiger partial charge is 0.180 e. The van der Waals surface area contributed by atoms with Crippen LogP contribution in [0.15, 0.2) is 18.6 Å². The first kappa shape index (κ1) is 14.6. The Labute approximate surface area is 119 Å². The minimum Gasteiger partial charge on any atom is -0.377 e. The third kappa shape index (κ3) is 3.60. The molecule has 0 saturated heterocycles. The molecule has 0 aliphatic rings. The highest BCUT2D eigenvalue weighted by Gasteiger charge is 2.08. The average Bonchev–Trinajstić information content (AvgIpc) is 2.91. The Bertz CT molecular complexity index is 539. The van der Waals surface area contributed by atoms with Gasteiger partial charge in [-0.1, -0.05) is 6.92 Å². The highest BCUT2D eigenvalue weighted by molar-refractivity contribution is 5.65. The molecule has 0 amide bonds. The first-order valence-corrected chi connectivity index (χ1v) is 7.17. The van der Waals surface area contributed by atoms with Crippen LogP contribution in [0.5, 0.6) is 0 Å². The molecule has 2 heterocycles. The fraction of sp³-hybridized carbons (Fsp3) is 0.571. The van der Waals surface area contributed by atoms with Crippen molar-refractivity contribution in [2.45, 2.75) is 33.3 Å². The van der Waals surface area contributed by atoms with Gasteiger partial charge in [0.2, 0.25) is 0 Å². The summed E-state index contributed by atoms with van der Waals surface area (Å²) in [5.41, 5.74) is 0.829. The second kappa shape index (κ2) is 7.09. The molecule has 20 heavy (non-hydrogen) atoms. The van der Waals surface area contributed by atoms with Crippen LogP contribution in [0.4, 0.5) is 11.6 Å². The molecule has 110 valence electrons. The summed E-state index contributed by atoms with van der Waals surface area (Å²) >= 11 is 0. The average molecular weight is 277 g/mol. The molecule has 1 atom stereocenters. The molecular weight excluding hydrogens is 254 g/mol. The van der Waals surface area contributed by atoms with Gasteiger partial charge >= 0.3 is 0 Å². The van der Waals surface area contributed by atoms with E-state index < -0.39 is 0 Å². The zero-order valence-electron chi connectivity index (χ0n) is 12.4. The fourth-order valence-electron chi connectivity index (χ4n) is 1.97. The summed E-state index contributed by atoms with van der Waals surface area (Å²) in [5, 5.41) is 6.61. The van der Waals surface area contributed by atoms with E-state index in [-0.39, 0.29) is 6.10 Å². The molecule has 2 N–H and O–H groups in total. The van der Waals surface area contributed by atoms with Crippen molar-refractivity contribution >= 4 is 17.3 Å². The summed E-state index contributed by atoms with van der Waals surface area (Å²) in [4.78, 5) is 8.91. The summed E-state index contributed by atoms with van der Waals surface area (Å²) in [5.74, 6) is 1.63. The van der Waals surface area contributed by atoms with Crippen molar-refractivity contribution in [2.75, 3.05) is 30.3 Å². The number of ether oxygens (including phenoxy) is 1. The highest BCUT2D eigenvalue weighted by Crippen LogP contribution is 2.16. The van der Waals surface area contributed by atoms with Gasteiger partial charge in [-0.25, -0.2) is 9.97 Å². The number of aromatic nitrogens is 3. The summed E-state index contributed by atoms with van der Waals surface area (Å²) in [6.45, 7) is 8.50. The van der Waals surface area contributed by atoms with E-state index in [2.05, 4.69) is 27.5 Å². The highest BCUT2D eigenvalue weighted by atomic mass is 16.5. The largest absolute Gasteiger partial charge is 0.377 e. The van der Waals surface area contributed by atoms with Gasteiger partial charge in [-0.2, -0.15) is 0 Å². The van der Waals surface area contributed by atoms with Crippen LogP contribution < -0.4 is 10.6 Å². The van der Waals surface area contributed by atoms with E-state index >= 15 is 0 Å². The number of rotatable bonds is 8. The predicted octanol–water partition coefficient (Wildman–Crippen LogP) is 2.39. The second-order valence-electron chi connectivity index (χ2n) is 4.71. The van der Waals surface area contributed by atoms with Crippen LogP contribution >= 0.6 is 0 Å². The first-order valence-electron chi connectivity index (χ1n) is 7.17. The van der Waals surface area contributed by atoms with E-state index in [0.29, 0.717) is 13.2 Å². The third-order valence-corrected chi connectivity index (χ3v) is 2.94. The van der Waals surface area contributed by atoms with Crippen molar-refractivity contribution in [3.05, 3.63) is 18.6 Å². The normalized spacial score (nSPS) is 12.6. The number of nitrogens with zero attached hydrogens (tertiary/aromatic N) is 3. The maximum Gasteiger partial charge on any atom is 0.180 e. The maximum atomic E-state index is 5.52. The van der Waals surface area contributed by atoms with Crippen molar-refractivity contribution in [3.8, 4) is 0 Å². The zero-order valence-corrected chi connectivity index (χ0v) is 12.4. The number of anilines is 2. The molecule has 0 fully saturated rings. The zero-order chi connectivity index (χ0) is 14.4. The number of hydrogen-bond donors (Lipinski definition) is 2. The lowest BCUT2D eigenvalue weighted by molar-refractivity contribution is 0.0855. The Morgan fingerprint density at radius 1 is 1.35 bits per heavy atom. The van der Waals surface area contributed by atoms with Crippen LogP contribution in [-0.2, 0) is 4.74 Å². The minimum absolute atomic E-state index is 0.143. The van der Waals surface area contributed by atoms with Gasteiger partial charge in [0, 0.05) is 32.1 Å². The summed E-state index contributed by atoms with van der Waals surface area (Å²) < 4.78 is 7.49. The van der Waals surface area contributed by atoms with Crippen molar-refractivity contribution in [1.29, 1.82) is 0 Å². The van der Waals surface area contributed by atoms with Gasteiger partial charge in [0.05, 0.1) is 12.3 Å². The predicted molar refractivity (Wildman–Crippen MR) is 81.3 cm³/mol. The molecule has 2 rings (SSSR count). The summed E-state index contributed by atoms with van der Waals surface area (Å²) in [6, 6.07) is 0. The van der Waals surface area contributed by atoms with E-state index in [9.17, 15) is 0 Å². The second-order valence-corrected chi connectivity index (χ2v) is 4.71. The molecule has 6 nitrogen and oxygen atoms in total. The van der Waals surface area contributed by atoms with Gasteiger partial charge in [-0.3, -0.25) is 0 Å². The quantitative estimate of drug-likeness (QED) is 0.775. The number of fused-ring (bicyclic) bond motifs is 1. The lowest BCUT2D eigenvalue weighted by Crippen LogP contribution is -2.21. The molecule has 0 aliphatic carbocycles. The Balaban J connectivity index is 2.14. The molecule has 0 radical (unpaired) electrons. The summed E-state index contributed by atoms with van der Waals surface area (Å²) in [6.07, 6.45) is 6.86. The van der Waals surface area contributed by atoms with Crippen molar-refractivity contribution in [1.82, 2.24) is 14.4 Å². The molecule has 0 spiro atoms. The molecule has 0 aromatic carbocycles. The van der Waals surface area contributed by atoms with Crippen molar-refractivity contribution in [2.24, 2.45) is 0 Å². The van der Waals surface area contributed by atoms with Crippen LogP contribution in [0.1, 0.15) is 27.2 Å².